The summed E-state index contributed by atoms with van der Waals surface area (Å²) >= 11 is 1.71. The first kappa shape index (κ1) is 21.9. The molecular formula is C19H29IN6S. The van der Waals surface area contributed by atoms with E-state index in [4.69, 9.17) is 4.99 Å². The van der Waals surface area contributed by atoms with E-state index in [-0.39, 0.29) is 24.0 Å². The molecule has 8 heteroatoms. The topological polar surface area (TPSA) is 65.4 Å². The van der Waals surface area contributed by atoms with Gasteiger partial charge in [-0.2, -0.15) is 0 Å². The third-order valence-corrected chi connectivity index (χ3v) is 5.34. The van der Waals surface area contributed by atoms with Gasteiger partial charge in [-0.1, -0.05) is 6.07 Å². The molecule has 0 aromatic carbocycles. The van der Waals surface area contributed by atoms with E-state index in [1.54, 1.807) is 11.3 Å². The smallest absolute Gasteiger partial charge is 0.191 e. The first-order valence-electron chi connectivity index (χ1n) is 9.28. The Morgan fingerprint density at radius 3 is 2.59 bits per heavy atom. The molecule has 1 saturated heterocycles. The van der Waals surface area contributed by atoms with E-state index in [1.165, 1.54) is 10.4 Å². The van der Waals surface area contributed by atoms with Crippen molar-refractivity contribution >= 4 is 47.1 Å². The van der Waals surface area contributed by atoms with Gasteiger partial charge in [-0.15, -0.1) is 35.3 Å². The standard InChI is InChI=1S/C19H28N6S.HI/c1-4-20-19(23-13-18-22-12-15(3)26-18)24-16-7-9-25(10-8-16)17-6-5-14(2)11-21-17;/h5-6,11-12,16H,4,7-10,13H2,1-3H3,(H2,20,23,24);1H. The van der Waals surface area contributed by atoms with E-state index in [1.807, 2.05) is 12.4 Å². The molecular weight excluding hydrogens is 471 g/mol. The van der Waals surface area contributed by atoms with Gasteiger partial charge in [0.25, 0.3) is 0 Å². The highest BCUT2D eigenvalue weighted by atomic mass is 127. The van der Waals surface area contributed by atoms with E-state index in [0.29, 0.717) is 12.6 Å². The Morgan fingerprint density at radius 2 is 2.00 bits per heavy atom. The molecule has 0 atom stereocenters. The van der Waals surface area contributed by atoms with Crippen LogP contribution in [0.25, 0.3) is 0 Å². The lowest BCUT2D eigenvalue weighted by molar-refractivity contribution is 0.459. The van der Waals surface area contributed by atoms with E-state index in [0.717, 1.165) is 49.3 Å². The summed E-state index contributed by atoms with van der Waals surface area (Å²) in [6.07, 6.45) is 6.01. The summed E-state index contributed by atoms with van der Waals surface area (Å²) in [6, 6.07) is 4.68. The lowest BCUT2D eigenvalue weighted by Gasteiger charge is -2.33. The minimum Gasteiger partial charge on any atom is -0.357 e. The number of hydrogen-bond donors (Lipinski definition) is 2. The fourth-order valence-corrected chi connectivity index (χ4v) is 3.75. The van der Waals surface area contributed by atoms with E-state index < -0.39 is 0 Å². The van der Waals surface area contributed by atoms with Crippen LogP contribution in [0.15, 0.2) is 29.5 Å². The average Bonchev–Trinajstić information content (AvgIpc) is 3.07. The molecule has 0 saturated carbocycles. The van der Waals surface area contributed by atoms with Crippen molar-refractivity contribution in [2.45, 2.75) is 46.2 Å². The van der Waals surface area contributed by atoms with Crippen molar-refractivity contribution in [3.63, 3.8) is 0 Å². The van der Waals surface area contributed by atoms with Crippen molar-refractivity contribution in [1.82, 2.24) is 20.6 Å². The number of hydrogen-bond acceptors (Lipinski definition) is 5. The Morgan fingerprint density at radius 1 is 1.22 bits per heavy atom. The number of piperidine rings is 1. The van der Waals surface area contributed by atoms with Crippen molar-refractivity contribution in [2.75, 3.05) is 24.5 Å². The molecule has 2 aromatic heterocycles. The Bertz CT molecular complexity index is 722. The quantitative estimate of drug-likeness (QED) is 0.374. The first-order valence-corrected chi connectivity index (χ1v) is 10.1. The summed E-state index contributed by atoms with van der Waals surface area (Å²) in [7, 11) is 0. The fourth-order valence-electron chi connectivity index (χ4n) is 3.03. The largest absolute Gasteiger partial charge is 0.357 e. The van der Waals surface area contributed by atoms with Crippen molar-refractivity contribution < 1.29 is 0 Å². The Kier molecular flexibility index (Phi) is 8.75. The summed E-state index contributed by atoms with van der Waals surface area (Å²) in [5, 5.41) is 7.99. The summed E-state index contributed by atoms with van der Waals surface area (Å²) in [6.45, 7) is 9.75. The molecule has 2 N–H and O–H groups in total. The number of aromatic nitrogens is 2. The van der Waals surface area contributed by atoms with Crippen LogP contribution in [0.1, 0.15) is 35.2 Å². The van der Waals surface area contributed by atoms with Crippen LogP contribution >= 0.6 is 35.3 Å². The van der Waals surface area contributed by atoms with E-state index in [9.17, 15) is 0 Å². The third kappa shape index (κ3) is 6.60. The maximum Gasteiger partial charge on any atom is 0.191 e. The summed E-state index contributed by atoms with van der Waals surface area (Å²) in [5.74, 6) is 1.96. The number of nitrogens with one attached hydrogen (secondary N) is 2. The van der Waals surface area contributed by atoms with Gasteiger partial charge in [0.15, 0.2) is 5.96 Å². The van der Waals surface area contributed by atoms with Gasteiger partial charge in [-0.05, 0) is 45.2 Å². The number of aliphatic imine (C=N–C) groups is 1. The summed E-state index contributed by atoms with van der Waals surface area (Å²) in [4.78, 5) is 17.2. The molecule has 3 heterocycles. The average molecular weight is 500 g/mol. The molecule has 0 bridgehead atoms. The van der Waals surface area contributed by atoms with E-state index >= 15 is 0 Å². The van der Waals surface area contributed by atoms with Crippen LogP contribution in [-0.2, 0) is 6.54 Å². The van der Waals surface area contributed by atoms with Crippen LogP contribution in [0.4, 0.5) is 5.82 Å². The number of aryl methyl sites for hydroxylation is 2. The Hall–Kier alpha value is -1.42. The third-order valence-electron chi connectivity index (χ3n) is 4.44. The molecule has 0 amide bonds. The van der Waals surface area contributed by atoms with Crippen LogP contribution in [-0.4, -0.2) is 41.6 Å². The minimum atomic E-state index is 0. The van der Waals surface area contributed by atoms with Gasteiger partial charge >= 0.3 is 0 Å². The van der Waals surface area contributed by atoms with Crippen LogP contribution in [0.3, 0.4) is 0 Å². The van der Waals surface area contributed by atoms with Gasteiger partial charge in [-0.3, -0.25) is 0 Å². The SMILES string of the molecule is CCNC(=NCc1ncc(C)s1)NC1CCN(c2ccc(C)cn2)CC1.I. The fraction of sp³-hybridized carbons (Fsp3) is 0.526. The molecule has 0 radical (unpaired) electrons. The number of nitrogens with zero attached hydrogens (tertiary/aromatic N) is 4. The molecule has 148 valence electrons. The number of halogens is 1. The van der Waals surface area contributed by atoms with Gasteiger partial charge in [0.1, 0.15) is 10.8 Å². The number of guanidine groups is 1. The number of rotatable bonds is 5. The minimum absolute atomic E-state index is 0. The second kappa shape index (κ2) is 10.8. The normalized spacial score (nSPS) is 15.4. The van der Waals surface area contributed by atoms with Gasteiger partial charge in [-0.25, -0.2) is 15.0 Å². The molecule has 2 aromatic rings. The first-order chi connectivity index (χ1) is 12.6. The van der Waals surface area contributed by atoms with Crippen molar-refractivity contribution in [3.8, 4) is 0 Å². The van der Waals surface area contributed by atoms with Crippen LogP contribution in [0.5, 0.6) is 0 Å². The molecule has 0 aliphatic carbocycles. The number of pyridine rings is 1. The molecule has 0 unspecified atom stereocenters. The maximum atomic E-state index is 4.69. The second-order valence-electron chi connectivity index (χ2n) is 6.66. The van der Waals surface area contributed by atoms with Gasteiger partial charge in [0.2, 0.25) is 0 Å². The zero-order chi connectivity index (χ0) is 18.4. The van der Waals surface area contributed by atoms with Crippen molar-refractivity contribution in [1.29, 1.82) is 0 Å². The molecule has 27 heavy (non-hydrogen) atoms. The van der Waals surface area contributed by atoms with Gasteiger partial charge in [0, 0.05) is 42.9 Å². The van der Waals surface area contributed by atoms with Crippen LogP contribution in [0, 0.1) is 13.8 Å². The lowest BCUT2D eigenvalue weighted by Crippen LogP contribution is -2.48. The highest BCUT2D eigenvalue weighted by molar-refractivity contribution is 14.0. The van der Waals surface area contributed by atoms with Gasteiger partial charge in [0.05, 0.1) is 6.54 Å². The lowest BCUT2D eigenvalue weighted by atomic mass is 10.1. The second-order valence-corrected chi connectivity index (χ2v) is 7.98. The van der Waals surface area contributed by atoms with Crippen molar-refractivity contribution in [2.24, 2.45) is 4.99 Å². The maximum absolute atomic E-state index is 4.69. The zero-order valence-electron chi connectivity index (χ0n) is 16.2. The molecule has 1 aliphatic rings. The highest BCUT2D eigenvalue weighted by Gasteiger charge is 2.20. The number of anilines is 1. The van der Waals surface area contributed by atoms with Gasteiger partial charge < -0.3 is 15.5 Å². The molecule has 1 aliphatic heterocycles. The summed E-state index contributed by atoms with van der Waals surface area (Å²) < 4.78 is 0. The molecule has 0 spiro atoms. The summed E-state index contributed by atoms with van der Waals surface area (Å²) in [5.41, 5.74) is 1.20. The molecule has 3 rings (SSSR count). The zero-order valence-corrected chi connectivity index (χ0v) is 19.4. The monoisotopic (exact) mass is 500 g/mol. The highest BCUT2D eigenvalue weighted by Crippen LogP contribution is 2.18. The number of thiazole rings is 1. The van der Waals surface area contributed by atoms with Crippen LogP contribution < -0.4 is 15.5 Å². The predicted octanol–water partition coefficient (Wildman–Crippen LogP) is 3.50. The van der Waals surface area contributed by atoms with Crippen LogP contribution in [0.2, 0.25) is 0 Å². The molecule has 1 fully saturated rings. The van der Waals surface area contributed by atoms with Crippen molar-refractivity contribution in [3.05, 3.63) is 40.0 Å². The Labute approximate surface area is 182 Å². The Balaban J connectivity index is 0.00000261. The molecule has 6 nitrogen and oxygen atoms in total. The van der Waals surface area contributed by atoms with E-state index in [2.05, 4.69) is 58.4 Å². The predicted molar refractivity (Wildman–Crippen MR) is 124 cm³/mol.